The van der Waals surface area contributed by atoms with Crippen molar-refractivity contribution in [3.05, 3.63) is 29.8 Å². The van der Waals surface area contributed by atoms with Crippen LogP contribution in [0.5, 0.6) is 5.75 Å². The molecule has 5 heteroatoms. The fraction of sp³-hybridized carbons (Fsp3) is 0.708. The van der Waals surface area contributed by atoms with Crippen molar-refractivity contribution in [1.29, 1.82) is 0 Å². The molecule has 0 amide bonds. The van der Waals surface area contributed by atoms with Gasteiger partial charge in [0.2, 0.25) is 0 Å². The predicted octanol–water partition coefficient (Wildman–Crippen LogP) is 4.98. The minimum absolute atomic E-state index is 0.100. The van der Waals surface area contributed by atoms with Crippen molar-refractivity contribution in [2.45, 2.75) is 72.5 Å². The van der Waals surface area contributed by atoms with E-state index in [1.165, 1.54) is 0 Å². The third-order valence-corrected chi connectivity index (χ3v) is 4.65. The fourth-order valence-corrected chi connectivity index (χ4v) is 3.07. The average Bonchev–Trinajstić information content (AvgIpc) is 2.72. The molecule has 1 aromatic rings. The van der Waals surface area contributed by atoms with E-state index in [0.29, 0.717) is 19.6 Å². The smallest absolute Gasteiger partial charge is 0.162 e. The van der Waals surface area contributed by atoms with Crippen molar-refractivity contribution in [3.8, 4) is 5.75 Å². The monoisotopic (exact) mass is 407 g/mol. The Morgan fingerprint density at radius 3 is 2.21 bits per heavy atom. The molecule has 0 bridgehead atoms. The standard InChI is InChI=1S/C22H35NO4.C2H6/c1-5-21(24)18-6-8-19(9-7-18)27-20-10-12-23(13-11-20)14-15-25-16-17-26-22(2,3)4;1-2/h6-9,20H,5,10-17H2,1-4H3;1-2H3. The van der Waals surface area contributed by atoms with Crippen molar-refractivity contribution in [2.75, 3.05) is 39.5 Å². The highest BCUT2D eigenvalue weighted by atomic mass is 16.5. The van der Waals surface area contributed by atoms with Gasteiger partial charge in [-0.2, -0.15) is 0 Å². The summed E-state index contributed by atoms with van der Waals surface area (Å²) >= 11 is 0. The summed E-state index contributed by atoms with van der Waals surface area (Å²) in [4.78, 5) is 14.1. The molecule has 1 aromatic carbocycles. The van der Waals surface area contributed by atoms with Gasteiger partial charge in [0.15, 0.2) is 5.78 Å². The molecule has 0 saturated carbocycles. The van der Waals surface area contributed by atoms with Crippen LogP contribution >= 0.6 is 0 Å². The minimum atomic E-state index is -0.100. The Bertz CT molecular complexity index is 557. The van der Waals surface area contributed by atoms with Crippen LogP contribution in [0.4, 0.5) is 0 Å². The lowest BCUT2D eigenvalue weighted by molar-refractivity contribution is -0.0378. The number of ketones is 1. The molecule has 0 radical (unpaired) electrons. The number of piperidine rings is 1. The lowest BCUT2D eigenvalue weighted by Crippen LogP contribution is -2.40. The second-order valence-corrected chi connectivity index (χ2v) is 8.03. The van der Waals surface area contributed by atoms with Crippen molar-refractivity contribution >= 4 is 5.78 Å². The van der Waals surface area contributed by atoms with Gasteiger partial charge in [0, 0.05) is 31.6 Å². The summed E-state index contributed by atoms with van der Waals surface area (Å²) in [5.74, 6) is 1.02. The van der Waals surface area contributed by atoms with E-state index < -0.39 is 0 Å². The molecule has 29 heavy (non-hydrogen) atoms. The van der Waals surface area contributed by atoms with Crippen LogP contribution in [0.3, 0.4) is 0 Å². The van der Waals surface area contributed by atoms with Gasteiger partial charge in [-0.25, -0.2) is 0 Å². The number of carbonyl (C=O) groups excluding carboxylic acids is 1. The largest absolute Gasteiger partial charge is 0.490 e. The predicted molar refractivity (Wildman–Crippen MR) is 119 cm³/mol. The summed E-state index contributed by atoms with van der Waals surface area (Å²) in [7, 11) is 0. The second-order valence-electron chi connectivity index (χ2n) is 8.03. The number of benzene rings is 1. The topological polar surface area (TPSA) is 48.0 Å². The highest BCUT2D eigenvalue weighted by molar-refractivity contribution is 5.95. The van der Waals surface area contributed by atoms with Crippen LogP contribution in [0.15, 0.2) is 24.3 Å². The Morgan fingerprint density at radius 1 is 1.03 bits per heavy atom. The third kappa shape index (κ3) is 10.8. The van der Waals surface area contributed by atoms with Gasteiger partial charge in [-0.15, -0.1) is 0 Å². The summed E-state index contributed by atoms with van der Waals surface area (Å²) in [5.41, 5.74) is 0.657. The number of likely N-dealkylation sites (tertiary alicyclic amines) is 1. The second kappa shape index (κ2) is 13.7. The van der Waals surface area contributed by atoms with Gasteiger partial charge in [-0.1, -0.05) is 20.8 Å². The van der Waals surface area contributed by atoms with E-state index in [1.54, 1.807) is 0 Å². The SMILES string of the molecule is CC.CCC(=O)c1ccc(OC2CCN(CCOCCOC(C)(C)C)CC2)cc1. The number of ether oxygens (including phenoxy) is 3. The summed E-state index contributed by atoms with van der Waals surface area (Å²) in [5, 5.41) is 0. The van der Waals surface area contributed by atoms with Crippen LogP contribution in [0, 0.1) is 0 Å². The summed E-state index contributed by atoms with van der Waals surface area (Å²) in [6.07, 6.45) is 2.81. The molecular weight excluding hydrogens is 366 g/mol. The van der Waals surface area contributed by atoms with Crippen LogP contribution in [0.25, 0.3) is 0 Å². The molecule has 0 unspecified atom stereocenters. The molecule has 166 valence electrons. The molecule has 5 nitrogen and oxygen atoms in total. The number of Topliss-reactive ketones (excluding diaryl/α,β-unsaturated/α-hetero) is 1. The Kier molecular flexibility index (Phi) is 12.1. The molecule has 0 atom stereocenters. The van der Waals surface area contributed by atoms with Crippen LogP contribution in [0.2, 0.25) is 0 Å². The highest BCUT2D eigenvalue weighted by Crippen LogP contribution is 2.20. The average molecular weight is 408 g/mol. The summed E-state index contributed by atoms with van der Waals surface area (Å²) < 4.78 is 17.4. The van der Waals surface area contributed by atoms with Crippen LogP contribution in [-0.4, -0.2) is 61.8 Å². The molecule has 1 aliphatic heterocycles. The molecule has 1 aliphatic rings. The third-order valence-electron chi connectivity index (χ3n) is 4.65. The number of rotatable bonds is 10. The van der Waals surface area contributed by atoms with Gasteiger partial charge in [0.25, 0.3) is 0 Å². The van der Waals surface area contributed by atoms with E-state index in [-0.39, 0.29) is 17.5 Å². The summed E-state index contributed by atoms with van der Waals surface area (Å²) in [6.45, 7) is 17.1. The van der Waals surface area contributed by atoms with E-state index in [1.807, 2.05) is 45.0 Å². The first-order valence-corrected chi connectivity index (χ1v) is 11.1. The maximum atomic E-state index is 11.7. The van der Waals surface area contributed by atoms with Crippen molar-refractivity contribution < 1.29 is 19.0 Å². The van der Waals surface area contributed by atoms with Crippen molar-refractivity contribution in [2.24, 2.45) is 0 Å². The van der Waals surface area contributed by atoms with E-state index >= 15 is 0 Å². The molecule has 1 saturated heterocycles. The molecule has 0 N–H and O–H groups in total. The fourth-order valence-electron chi connectivity index (χ4n) is 3.07. The van der Waals surface area contributed by atoms with Crippen LogP contribution in [0.1, 0.15) is 71.2 Å². The minimum Gasteiger partial charge on any atom is -0.490 e. The number of carbonyl (C=O) groups is 1. The van der Waals surface area contributed by atoms with Crippen LogP contribution < -0.4 is 4.74 Å². The zero-order valence-electron chi connectivity index (χ0n) is 19.3. The molecule has 0 aromatic heterocycles. The lowest BCUT2D eigenvalue weighted by atomic mass is 10.1. The lowest BCUT2D eigenvalue weighted by Gasteiger charge is -2.32. The Hall–Kier alpha value is -1.43. The Labute approximate surface area is 177 Å². The van der Waals surface area contributed by atoms with Crippen molar-refractivity contribution in [3.63, 3.8) is 0 Å². The van der Waals surface area contributed by atoms with Gasteiger partial charge in [-0.05, 0) is 57.9 Å². The highest BCUT2D eigenvalue weighted by Gasteiger charge is 2.20. The van der Waals surface area contributed by atoms with E-state index in [9.17, 15) is 4.79 Å². The molecule has 2 rings (SSSR count). The first-order valence-electron chi connectivity index (χ1n) is 11.1. The number of hydrogen-bond donors (Lipinski definition) is 0. The van der Waals surface area contributed by atoms with Crippen LogP contribution in [-0.2, 0) is 9.47 Å². The van der Waals surface area contributed by atoms with Gasteiger partial charge >= 0.3 is 0 Å². The molecule has 1 heterocycles. The normalized spacial score (nSPS) is 15.5. The maximum absolute atomic E-state index is 11.7. The first-order chi connectivity index (χ1) is 13.9. The Morgan fingerprint density at radius 2 is 1.66 bits per heavy atom. The van der Waals surface area contributed by atoms with Gasteiger partial charge in [0.05, 0.1) is 25.4 Å². The maximum Gasteiger partial charge on any atom is 0.162 e. The number of hydrogen-bond acceptors (Lipinski definition) is 5. The zero-order valence-corrected chi connectivity index (χ0v) is 19.3. The zero-order chi connectivity index (χ0) is 21.7. The molecular formula is C24H41NO4. The van der Waals surface area contributed by atoms with Gasteiger partial charge in [-0.3, -0.25) is 4.79 Å². The quantitative estimate of drug-likeness (QED) is 0.404. The summed E-state index contributed by atoms with van der Waals surface area (Å²) in [6, 6.07) is 7.53. The van der Waals surface area contributed by atoms with E-state index in [2.05, 4.69) is 25.7 Å². The molecule has 0 aliphatic carbocycles. The van der Waals surface area contributed by atoms with Gasteiger partial charge < -0.3 is 19.1 Å². The number of nitrogens with zero attached hydrogens (tertiary/aromatic N) is 1. The van der Waals surface area contributed by atoms with E-state index in [4.69, 9.17) is 14.2 Å². The molecule has 0 spiro atoms. The first kappa shape index (κ1) is 25.6. The molecule has 1 fully saturated rings. The van der Waals surface area contributed by atoms with Gasteiger partial charge in [0.1, 0.15) is 11.9 Å². The van der Waals surface area contributed by atoms with Crippen molar-refractivity contribution in [1.82, 2.24) is 4.90 Å². The Balaban J connectivity index is 0.00000204. The van der Waals surface area contributed by atoms with E-state index in [0.717, 1.165) is 50.4 Å².